The molecule has 0 radical (unpaired) electrons. The summed E-state index contributed by atoms with van der Waals surface area (Å²) < 4.78 is 0. The molecule has 2 N–H and O–H groups in total. The van der Waals surface area contributed by atoms with Gasteiger partial charge in [-0.25, -0.2) is 0 Å². The van der Waals surface area contributed by atoms with Gasteiger partial charge >= 0.3 is 5.69 Å². The average Bonchev–Trinajstić information content (AvgIpc) is 3.13. The molecule has 1 atom stereocenters. The molecule has 1 amide bonds. The largest absolute Gasteiger partial charge is 0.343 e. The highest BCUT2D eigenvalue weighted by atomic mass is 32.2. The minimum Gasteiger partial charge on any atom is -0.343 e. The van der Waals surface area contributed by atoms with Crippen LogP contribution in [0.2, 0.25) is 0 Å². The fourth-order valence-electron chi connectivity index (χ4n) is 2.56. The zero-order chi connectivity index (χ0) is 20.1. The number of nitro benzene ring substituents is 2. The smallest absolute Gasteiger partial charge is 0.301 e. The molecule has 3 rings (SSSR count). The van der Waals surface area contributed by atoms with Crippen molar-refractivity contribution < 1.29 is 14.6 Å². The van der Waals surface area contributed by atoms with Gasteiger partial charge in [0.2, 0.25) is 0 Å². The fraction of sp³-hybridized carbons (Fsp3) is 0.176. The standard InChI is InChI=1S/C17H15N5O5S/c23-17(11-4-2-1-3-5-11)18-14-9-28-10-15(14)20-19-13-7-6-12(21(24)25)8-16(13)22(26)27/h1-8,14,19H,9-10H2,(H,18,23)/b20-15-/t14-/m1/s1. The molecule has 0 bridgehead atoms. The van der Waals surface area contributed by atoms with E-state index in [2.05, 4.69) is 15.8 Å². The second-order valence-electron chi connectivity index (χ2n) is 5.84. The number of benzene rings is 2. The lowest BCUT2D eigenvalue weighted by molar-refractivity contribution is -0.393. The van der Waals surface area contributed by atoms with Gasteiger partial charge in [0.1, 0.15) is 5.69 Å². The normalized spacial score (nSPS) is 17.3. The second-order valence-corrected chi connectivity index (χ2v) is 6.87. The maximum atomic E-state index is 12.3. The Kier molecular flexibility index (Phi) is 5.84. The maximum absolute atomic E-state index is 12.3. The molecule has 0 spiro atoms. The van der Waals surface area contributed by atoms with E-state index < -0.39 is 15.5 Å². The van der Waals surface area contributed by atoms with Crippen LogP contribution in [0.5, 0.6) is 0 Å². The first kappa shape index (κ1) is 19.3. The van der Waals surface area contributed by atoms with Gasteiger partial charge in [0.05, 0.1) is 27.7 Å². The summed E-state index contributed by atoms with van der Waals surface area (Å²) in [6.07, 6.45) is 0. The number of amides is 1. The van der Waals surface area contributed by atoms with Crippen LogP contribution in [0.25, 0.3) is 0 Å². The fourth-order valence-corrected chi connectivity index (χ4v) is 3.66. The zero-order valence-electron chi connectivity index (χ0n) is 14.4. The number of nitro groups is 2. The molecule has 1 aliphatic rings. The second kappa shape index (κ2) is 8.48. The molecule has 144 valence electrons. The molecule has 28 heavy (non-hydrogen) atoms. The third-order valence-electron chi connectivity index (χ3n) is 3.99. The molecule has 1 heterocycles. The van der Waals surface area contributed by atoms with Gasteiger partial charge in [-0.1, -0.05) is 18.2 Å². The third kappa shape index (κ3) is 4.43. The highest BCUT2D eigenvalue weighted by Gasteiger charge is 2.26. The van der Waals surface area contributed by atoms with Gasteiger partial charge in [-0.2, -0.15) is 16.9 Å². The van der Waals surface area contributed by atoms with Crippen molar-refractivity contribution in [3.63, 3.8) is 0 Å². The van der Waals surface area contributed by atoms with Crippen LogP contribution >= 0.6 is 11.8 Å². The lowest BCUT2D eigenvalue weighted by Crippen LogP contribution is -2.40. The quantitative estimate of drug-likeness (QED) is 0.560. The van der Waals surface area contributed by atoms with Crippen molar-refractivity contribution in [1.82, 2.24) is 5.32 Å². The van der Waals surface area contributed by atoms with Gasteiger partial charge in [0.25, 0.3) is 11.6 Å². The third-order valence-corrected chi connectivity index (χ3v) is 5.06. The summed E-state index contributed by atoms with van der Waals surface area (Å²) in [6, 6.07) is 11.7. The Morgan fingerprint density at radius 2 is 1.86 bits per heavy atom. The van der Waals surface area contributed by atoms with Crippen LogP contribution < -0.4 is 10.7 Å². The van der Waals surface area contributed by atoms with Crippen molar-refractivity contribution in [1.29, 1.82) is 0 Å². The van der Waals surface area contributed by atoms with Crippen molar-refractivity contribution in [3.05, 3.63) is 74.3 Å². The van der Waals surface area contributed by atoms with E-state index in [1.807, 2.05) is 6.07 Å². The molecule has 0 unspecified atom stereocenters. The zero-order valence-corrected chi connectivity index (χ0v) is 15.2. The van der Waals surface area contributed by atoms with Gasteiger partial charge in [-0.05, 0) is 18.2 Å². The molecule has 2 aromatic carbocycles. The van der Waals surface area contributed by atoms with Crippen molar-refractivity contribution in [2.75, 3.05) is 16.9 Å². The van der Waals surface area contributed by atoms with Gasteiger partial charge in [0, 0.05) is 23.1 Å². The van der Waals surface area contributed by atoms with Crippen LogP contribution in [-0.2, 0) is 0 Å². The van der Waals surface area contributed by atoms with E-state index in [1.165, 1.54) is 6.07 Å². The summed E-state index contributed by atoms with van der Waals surface area (Å²) in [5.74, 6) is 0.941. The van der Waals surface area contributed by atoms with E-state index in [0.29, 0.717) is 22.8 Å². The average molecular weight is 401 g/mol. The number of non-ortho nitro benzene ring substituents is 1. The summed E-state index contributed by atoms with van der Waals surface area (Å²) in [6.45, 7) is 0. The van der Waals surface area contributed by atoms with Crippen molar-refractivity contribution >= 4 is 40.4 Å². The number of rotatable bonds is 6. The molecule has 11 heteroatoms. The number of hydrazone groups is 1. The molecule has 2 aromatic rings. The minimum atomic E-state index is -0.715. The number of nitrogens with one attached hydrogen (secondary N) is 2. The van der Waals surface area contributed by atoms with Crippen LogP contribution in [0.1, 0.15) is 10.4 Å². The number of thioether (sulfide) groups is 1. The molecule has 10 nitrogen and oxygen atoms in total. The molecular formula is C17H15N5O5S. The van der Waals surface area contributed by atoms with Crippen molar-refractivity contribution in [3.8, 4) is 0 Å². The summed E-state index contributed by atoms with van der Waals surface area (Å²) in [7, 11) is 0. The predicted molar refractivity (Wildman–Crippen MR) is 106 cm³/mol. The number of anilines is 1. The molecule has 0 aliphatic carbocycles. The van der Waals surface area contributed by atoms with Crippen LogP contribution in [0.4, 0.5) is 17.1 Å². The molecular weight excluding hydrogens is 386 g/mol. The lowest BCUT2D eigenvalue weighted by atomic mass is 10.1. The van der Waals surface area contributed by atoms with E-state index >= 15 is 0 Å². The Hall–Kier alpha value is -3.47. The predicted octanol–water partition coefficient (Wildman–Crippen LogP) is 2.82. The van der Waals surface area contributed by atoms with E-state index in [1.54, 1.807) is 36.0 Å². The van der Waals surface area contributed by atoms with E-state index in [0.717, 1.165) is 12.1 Å². The van der Waals surface area contributed by atoms with Crippen molar-refractivity contribution in [2.24, 2.45) is 5.10 Å². The highest BCUT2D eigenvalue weighted by molar-refractivity contribution is 8.00. The van der Waals surface area contributed by atoms with E-state index in [-0.39, 0.29) is 23.3 Å². The molecule has 1 saturated heterocycles. The van der Waals surface area contributed by atoms with Gasteiger partial charge in [-0.15, -0.1) is 0 Å². The van der Waals surface area contributed by atoms with Gasteiger partial charge < -0.3 is 5.32 Å². The van der Waals surface area contributed by atoms with E-state index in [9.17, 15) is 25.0 Å². The molecule has 0 saturated carbocycles. The Morgan fingerprint density at radius 3 is 2.54 bits per heavy atom. The van der Waals surface area contributed by atoms with Gasteiger partial charge in [0.15, 0.2) is 0 Å². The first-order chi connectivity index (χ1) is 13.5. The Bertz CT molecular complexity index is 950. The van der Waals surface area contributed by atoms with Crippen LogP contribution in [0, 0.1) is 20.2 Å². The Labute approximate surface area is 163 Å². The Morgan fingerprint density at radius 1 is 1.11 bits per heavy atom. The first-order valence-corrected chi connectivity index (χ1v) is 9.30. The van der Waals surface area contributed by atoms with Gasteiger partial charge in [-0.3, -0.25) is 30.4 Å². The number of carbonyl (C=O) groups excluding carboxylic acids is 1. The number of hydrogen-bond donors (Lipinski definition) is 2. The summed E-state index contributed by atoms with van der Waals surface area (Å²) >= 11 is 1.57. The van der Waals surface area contributed by atoms with Crippen LogP contribution in [0.3, 0.4) is 0 Å². The summed E-state index contributed by atoms with van der Waals surface area (Å²) in [5, 5.41) is 29.1. The Balaban J connectivity index is 1.75. The summed E-state index contributed by atoms with van der Waals surface area (Å²) in [4.78, 5) is 32.9. The molecule has 1 fully saturated rings. The van der Waals surface area contributed by atoms with E-state index in [4.69, 9.17) is 0 Å². The van der Waals surface area contributed by atoms with Crippen LogP contribution in [0.15, 0.2) is 53.6 Å². The number of nitrogens with zero attached hydrogens (tertiary/aromatic N) is 3. The monoisotopic (exact) mass is 401 g/mol. The lowest BCUT2D eigenvalue weighted by Gasteiger charge is -2.13. The van der Waals surface area contributed by atoms with Crippen molar-refractivity contribution in [2.45, 2.75) is 6.04 Å². The number of carbonyl (C=O) groups is 1. The first-order valence-electron chi connectivity index (χ1n) is 8.14. The molecule has 1 aliphatic heterocycles. The minimum absolute atomic E-state index is 0.0353. The topological polar surface area (TPSA) is 140 Å². The highest BCUT2D eigenvalue weighted by Crippen LogP contribution is 2.29. The van der Waals surface area contributed by atoms with Crippen LogP contribution in [-0.4, -0.2) is 39.0 Å². The summed E-state index contributed by atoms with van der Waals surface area (Å²) in [5.41, 5.74) is 2.96. The maximum Gasteiger partial charge on any atom is 0.301 e. The number of hydrogen-bond acceptors (Lipinski definition) is 8. The molecule has 0 aromatic heterocycles. The SMILES string of the molecule is O=C(N[C@@H]1CSC/C1=N/Nc1ccc([N+](=O)[O-])cc1[N+](=O)[O-])c1ccccc1.